The Morgan fingerprint density at radius 1 is 0.881 bits per heavy atom. The largest absolute Gasteiger partial charge is 0.493 e. The van der Waals surface area contributed by atoms with Crippen LogP contribution in [0.3, 0.4) is 0 Å². The fourth-order valence-electron chi connectivity index (χ4n) is 3.94. The van der Waals surface area contributed by atoms with Gasteiger partial charge in [0.2, 0.25) is 0 Å². The fourth-order valence-corrected chi connectivity index (χ4v) is 5.08. The third kappa shape index (κ3) is 6.71. The van der Waals surface area contributed by atoms with E-state index in [4.69, 9.17) is 4.74 Å². The van der Waals surface area contributed by atoms with Gasteiger partial charge in [-0.1, -0.05) is 20.4 Å². The maximum Gasteiger partial charge on any atom is 0.378 e. The molecule has 0 bridgehead atoms. The molecule has 13 heteroatoms. The van der Waals surface area contributed by atoms with Crippen LogP contribution in [0, 0.1) is 0 Å². The van der Waals surface area contributed by atoms with Crippen LogP contribution in [0.1, 0.15) is 45.0 Å². The van der Waals surface area contributed by atoms with Crippen LogP contribution in [0.4, 0.5) is 35.1 Å². The second kappa shape index (κ2) is 12.6. The highest BCUT2D eigenvalue weighted by molar-refractivity contribution is 7.22. The van der Waals surface area contributed by atoms with Gasteiger partial charge in [0.1, 0.15) is 5.75 Å². The van der Waals surface area contributed by atoms with E-state index in [1.165, 1.54) is 23.5 Å². The fraction of sp³-hybridized carbons (Fsp3) is 0.448. The zero-order valence-corrected chi connectivity index (χ0v) is 23.8. The van der Waals surface area contributed by atoms with E-state index in [2.05, 4.69) is 16.3 Å². The maximum atomic E-state index is 14.3. The second-order valence-electron chi connectivity index (χ2n) is 9.64. The molecule has 0 radical (unpaired) electrons. The van der Waals surface area contributed by atoms with E-state index in [0.29, 0.717) is 11.1 Å². The van der Waals surface area contributed by atoms with Gasteiger partial charge < -0.3 is 9.47 Å². The van der Waals surface area contributed by atoms with Crippen molar-refractivity contribution in [2.24, 2.45) is 0 Å². The number of fused-ring (bicyclic) bond motifs is 1. The van der Waals surface area contributed by atoms with Gasteiger partial charge in [-0.05, 0) is 61.5 Å². The van der Waals surface area contributed by atoms with Gasteiger partial charge in [0.05, 0.1) is 26.1 Å². The average molecular weight is 624 g/mol. The van der Waals surface area contributed by atoms with E-state index in [1.54, 1.807) is 6.07 Å². The van der Waals surface area contributed by atoms with Gasteiger partial charge >= 0.3 is 29.7 Å². The highest BCUT2D eigenvalue weighted by Gasteiger charge is 2.79. The van der Waals surface area contributed by atoms with Gasteiger partial charge in [-0.15, -0.1) is 11.3 Å². The number of thiophene rings is 1. The van der Waals surface area contributed by atoms with Crippen LogP contribution in [-0.4, -0.2) is 47.9 Å². The molecular formula is C29H29F8NO3S. The summed E-state index contributed by atoms with van der Waals surface area (Å²) in [5.41, 5.74) is 2.51. The number of nitrogens with zero attached hydrogens (tertiary/aromatic N) is 1. The Labute approximate surface area is 241 Å². The summed E-state index contributed by atoms with van der Waals surface area (Å²) in [5, 5.41) is 0.789. The maximum absolute atomic E-state index is 14.3. The van der Waals surface area contributed by atoms with E-state index >= 15 is 0 Å². The van der Waals surface area contributed by atoms with E-state index in [1.807, 2.05) is 32.0 Å². The number of halogens is 8. The van der Waals surface area contributed by atoms with Crippen LogP contribution in [0.5, 0.6) is 5.75 Å². The summed E-state index contributed by atoms with van der Waals surface area (Å²) in [7, 11) is 0. The molecule has 4 nitrogen and oxygen atoms in total. The Bertz CT molecular complexity index is 1440. The number of aromatic nitrogens is 1. The van der Waals surface area contributed by atoms with Crippen LogP contribution in [-0.2, 0) is 22.4 Å². The lowest BCUT2D eigenvalue weighted by Gasteiger charge is -2.36. The lowest BCUT2D eigenvalue weighted by atomic mass is 9.95. The summed E-state index contributed by atoms with van der Waals surface area (Å²) >= 11 is 1.36. The van der Waals surface area contributed by atoms with Crippen LogP contribution >= 0.6 is 11.3 Å². The topological polar surface area (TPSA) is 48.4 Å². The van der Waals surface area contributed by atoms with E-state index in [0.717, 1.165) is 40.6 Å². The summed E-state index contributed by atoms with van der Waals surface area (Å²) in [4.78, 5) is 16.7. The number of esters is 1. The molecule has 3 rings (SSSR count). The standard InChI is InChI=1S/C29H29F8NO3S/c1-5-19-8-10-21(22(6-2)38-19)24-15-18-7-9-20(16-23(18)42-24)40-13-11-26(30,31)28(34,35)29(36,37)27(32,33)12-14-41-25(39)17(3)4/h7-10,15-16H,3,5-6,11-14H2,1-2,4H3. The van der Waals surface area contributed by atoms with Crippen LogP contribution in [0.25, 0.3) is 20.5 Å². The molecule has 0 aliphatic heterocycles. The molecule has 0 N–H and O–H groups in total. The molecule has 42 heavy (non-hydrogen) atoms. The van der Waals surface area contributed by atoms with Crippen molar-refractivity contribution in [1.29, 1.82) is 0 Å². The Hall–Kier alpha value is -3.22. The van der Waals surface area contributed by atoms with Gasteiger partial charge in [0.25, 0.3) is 0 Å². The Kier molecular flexibility index (Phi) is 9.96. The molecule has 0 atom stereocenters. The Morgan fingerprint density at radius 3 is 2.07 bits per heavy atom. The minimum absolute atomic E-state index is 0.00149. The highest BCUT2D eigenvalue weighted by atomic mass is 32.1. The average Bonchev–Trinajstić information content (AvgIpc) is 3.35. The summed E-state index contributed by atoms with van der Waals surface area (Å²) in [5.74, 6) is -25.3. The molecule has 0 amide bonds. The molecule has 0 spiro atoms. The molecule has 2 heterocycles. The zero-order chi connectivity index (χ0) is 31.5. The summed E-state index contributed by atoms with van der Waals surface area (Å²) in [6.07, 6.45) is -2.61. The van der Waals surface area contributed by atoms with Gasteiger partial charge in [0.15, 0.2) is 0 Å². The second-order valence-corrected chi connectivity index (χ2v) is 10.7. The molecule has 0 fully saturated rings. The minimum atomic E-state index is -6.47. The number of hydrogen-bond acceptors (Lipinski definition) is 5. The van der Waals surface area contributed by atoms with Crippen molar-refractivity contribution in [2.75, 3.05) is 13.2 Å². The Balaban J connectivity index is 1.69. The van der Waals surface area contributed by atoms with Gasteiger partial charge in [-0.3, -0.25) is 4.98 Å². The number of carbonyl (C=O) groups is 1. The number of alkyl halides is 8. The zero-order valence-electron chi connectivity index (χ0n) is 23.0. The minimum Gasteiger partial charge on any atom is -0.493 e. The molecule has 0 unspecified atom stereocenters. The summed E-state index contributed by atoms with van der Waals surface area (Å²) in [6, 6.07) is 10.3. The summed E-state index contributed by atoms with van der Waals surface area (Å²) in [6.45, 7) is 5.67. The predicted octanol–water partition coefficient (Wildman–Crippen LogP) is 8.91. The molecule has 0 aliphatic rings. The molecule has 0 saturated carbocycles. The van der Waals surface area contributed by atoms with Crippen molar-refractivity contribution < 1.29 is 49.4 Å². The number of rotatable bonds is 14. The number of benzene rings is 1. The lowest BCUT2D eigenvalue weighted by molar-refractivity contribution is -0.368. The van der Waals surface area contributed by atoms with Crippen molar-refractivity contribution in [3.63, 3.8) is 0 Å². The summed E-state index contributed by atoms with van der Waals surface area (Å²) < 4.78 is 123. The molecule has 0 saturated heterocycles. The van der Waals surface area contributed by atoms with Crippen molar-refractivity contribution in [1.82, 2.24) is 4.98 Å². The van der Waals surface area contributed by atoms with Crippen LogP contribution in [0.15, 0.2) is 48.6 Å². The molecule has 2 aromatic heterocycles. The number of aryl methyl sites for hydroxylation is 2. The lowest BCUT2D eigenvalue weighted by Crippen LogP contribution is -2.62. The van der Waals surface area contributed by atoms with Crippen molar-refractivity contribution in [3.05, 3.63) is 59.9 Å². The molecule has 3 aromatic rings. The first-order chi connectivity index (χ1) is 19.5. The number of pyridine rings is 1. The quantitative estimate of drug-likeness (QED) is 0.102. The van der Waals surface area contributed by atoms with E-state index in [9.17, 15) is 39.9 Å². The molecular weight excluding hydrogens is 594 g/mol. The first-order valence-corrected chi connectivity index (χ1v) is 13.8. The first-order valence-electron chi connectivity index (χ1n) is 13.0. The molecule has 0 aliphatic carbocycles. The number of hydrogen-bond donors (Lipinski definition) is 0. The SMILES string of the molecule is C=C(C)C(=O)OCCC(F)(F)C(F)(F)C(F)(F)C(F)(F)CCOc1ccc2cc(-c3ccc(CC)nc3CC)sc2c1. The van der Waals surface area contributed by atoms with Crippen LogP contribution in [0.2, 0.25) is 0 Å². The predicted molar refractivity (Wildman–Crippen MR) is 144 cm³/mol. The van der Waals surface area contributed by atoms with Crippen molar-refractivity contribution in [3.8, 4) is 16.2 Å². The molecule has 230 valence electrons. The van der Waals surface area contributed by atoms with Gasteiger partial charge in [0, 0.05) is 32.1 Å². The third-order valence-corrected chi connectivity index (χ3v) is 7.61. The number of carbonyl (C=O) groups excluding carboxylic acids is 1. The Morgan fingerprint density at radius 2 is 1.50 bits per heavy atom. The third-order valence-electron chi connectivity index (χ3n) is 6.48. The first kappa shape index (κ1) is 33.3. The van der Waals surface area contributed by atoms with Crippen molar-refractivity contribution in [2.45, 2.75) is 70.1 Å². The highest BCUT2D eigenvalue weighted by Crippen LogP contribution is 2.54. The van der Waals surface area contributed by atoms with Crippen molar-refractivity contribution >= 4 is 27.4 Å². The molecule has 1 aromatic carbocycles. The van der Waals surface area contributed by atoms with E-state index < -0.39 is 55.7 Å². The van der Waals surface area contributed by atoms with Gasteiger partial charge in [-0.2, -0.15) is 35.1 Å². The van der Waals surface area contributed by atoms with Gasteiger partial charge in [-0.25, -0.2) is 4.79 Å². The smallest absolute Gasteiger partial charge is 0.378 e. The number of ether oxygens (including phenoxy) is 2. The normalized spacial score (nSPS) is 12.9. The van der Waals surface area contributed by atoms with Crippen LogP contribution < -0.4 is 4.74 Å². The monoisotopic (exact) mass is 623 g/mol. The van der Waals surface area contributed by atoms with E-state index in [-0.39, 0.29) is 11.3 Å².